The van der Waals surface area contributed by atoms with Crippen molar-refractivity contribution in [1.82, 2.24) is 0 Å². The van der Waals surface area contributed by atoms with Crippen LogP contribution in [0.25, 0.3) is 0 Å². The summed E-state index contributed by atoms with van der Waals surface area (Å²) < 4.78 is 26.5. The minimum absolute atomic E-state index is 0.342. The third kappa shape index (κ3) is 5.13. The topological polar surface area (TPSA) is 66.5 Å². The number of nitrogens with zero attached hydrogens (tertiary/aromatic N) is 1. The standard InChI is InChI=1S/C22H30N2O3S/c1-7-20(22(25)23-19-12-10-18(11-13-19)15(2)3)24(28(6,26)27)21-14-16(4)8-9-17(21)5/h8-15,20H,7H2,1-6H3,(H,23,25). The number of carbonyl (C=O) groups excluding carboxylic acids is 1. The van der Waals surface area contributed by atoms with Gasteiger partial charge in [-0.3, -0.25) is 9.10 Å². The van der Waals surface area contributed by atoms with Crippen molar-refractivity contribution in [3.63, 3.8) is 0 Å². The van der Waals surface area contributed by atoms with Crippen molar-refractivity contribution in [3.8, 4) is 0 Å². The zero-order valence-corrected chi connectivity index (χ0v) is 18.3. The molecule has 0 spiro atoms. The summed E-state index contributed by atoms with van der Waals surface area (Å²) in [5.41, 5.74) is 4.12. The number of nitrogens with one attached hydrogen (secondary N) is 1. The smallest absolute Gasteiger partial charge is 0.248 e. The van der Waals surface area contributed by atoms with Gasteiger partial charge < -0.3 is 5.32 Å². The van der Waals surface area contributed by atoms with Gasteiger partial charge >= 0.3 is 0 Å². The van der Waals surface area contributed by atoms with Crippen LogP contribution in [0.4, 0.5) is 11.4 Å². The fourth-order valence-corrected chi connectivity index (χ4v) is 4.43. The van der Waals surface area contributed by atoms with Crippen LogP contribution < -0.4 is 9.62 Å². The van der Waals surface area contributed by atoms with Crippen LogP contribution in [-0.4, -0.2) is 26.6 Å². The quantitative estimate of drug-likeness (QED) is 0.735. The first-order chi connectivity index (χ1) is 13.0. The Morgan fingerprint density at radius 3 is 2.18 bits per heavy atom. The molecule has 1 N–H and O–H groups in total. The van der Waals surface area contributed by atoms with Gasteiger partial charge in [0, 0.05) is 5.69 Å². The van der Waals surface area contributed by atoms with Gasteiger partial charge in [-0.2, -0.15) is 0 Å². The van der Waals surface area contributed by atoms with E-state index in [9.17, 15) is 13.2 Å². The third-order valence-electron chi connectivity index (χ3n) is 4.78. The molecule has 2 aromatic rings. The van der Waals surface area contributed by atoms with Gasteiger partial charge in [-0.05, 0) is 61.1 Å². The van der Waals surface area contributed by atoms with Gasteiger partial charge in [0.1, 0.15) is 6.04 Å². The van der Waals surface area contributed by atoms with Crippen molar-refractivity contribution in [1.29, 1.82) is 0 Å². The molecule has 28 heavy (non-hydrogen) atoms. The zero-order valence-electron chi connectivity index (χ0n) is 17.5. The van der Waals surface area contributed by atoms with Gasteiger partial charge in [-0.1, -0.05) is 45.0 Å². The summed E-state index contributed by atoms with van der Waals surface area (Å²) in [4.78, 5) is 13.0. The van der Waals surface area contributed by atoms with Gasteiger partial charge in [0.15, 0.2) is 0 Å². The normalized spacial score (nSPS) is 12.7. The molecule has 0 aliphatic carbocycles. The van der Waals surface area contributed by atoms with E-state index in [2.05, 4.69) is 19.2 Å². The summed E-state index contributed by atoms with van der Waals surface area (Å²) in [6.45, 7) is 9.78. The lowest BCUT2D eigenvalue weighted by Crippen LogP contribution is -2.47. The number of anilines is 2. The molecule has 0 aliphatic rings. The maximum Gasteiger partial charge on any atom is 0.248 e. The highest BCUT2D eigenvalue weighted by Crippen LogP contribution is 2.28. The van der Waals surface area contributed by atoms with E-state index < -0.39 is 16.1 Å². The molecular weight excluding hydrogens is 372 g/mol. The van der Waals surface area contributed by atoms with Crippen LogP contribution in [0.1, 0.15) is 49.8 Å². The number of benzene rings is 2. The number of sulfonamides is 1. The van der Waals surface area contributed by atoms with E-state index in [1.165, 1.54) is 9.87 Å². The Morgan fingerprint density at radius 2 is 1.68 bits per heavy atom. The molecule has 0 saturated carbocycles. The lowest BCUT2D eigenvalue weighted by Gasteiger charge is -2.31. The number of aryl methyl sites for hydroxylation is 2. The summed E-state index contributed by atoms with van der Waals surface area (Å²) >= 11 is 0. The second-order valence-electron chi connectivity index (χ2n) is 7.54. The van der Waals surface area contributed by atoms with Gasteiger partial charge in [0.25, 0.3) is 0 Å². The van der Waals surface area contributed by atoms with E-state index in [0.717, 1.165) is 17.4 Å². The fourth-order valence-electron chi connectivity index (χ4n) is 3.17. The average Bonchev–Trinajstić information content (AvgIpc) is 2.61. The summed E-state index contributed by atoms with van der Waals surface area (Å²) in [6.07, 6.45) is 1.50. The highest BCUT2D eigenvalue weighted by atomic mass is 32.2. The minimum atomic E-state index is -3.65. The monoisotopic (exact) mass is 402 g/mol. The second-order valence-corrected chi connectivity index (χ2v) is 9.40. The summed E-state index contributed by atoms with van der Waals surface area (Å²) in [6, 6.07) is 12.4. The summed E-state index contributed by atoms with van der Waals surface area (Å²) in [5.74, 6) is 0.0595. The SMILES string of the molecule is CCC(C(=O)Nc1ccc(C(C)C)cc1)N(c1cc(C)ccc1C)S(C)(=O)=O. The summed E-state index contributed by atoms with van der Waals surface area (Å²) in [7, 11) is -3.65. The van der Waals surface area contributed by atoms with Crippen molar-refractivity contribution in [2.75, 3.05) is 15.9 Å². The Balaban J connectivity index is 2.38. The van der Waals surface area contributed by atoms with Crippen molar-refractivity contribution in [3.05, 3.63) is 59.2 Å². The van der Waals surface area contributed by atoms with Gasteiger partial charge in [-0.25, -0.2) is 8.42 Å². The molecular formula is C22H30N2O3S. The van der Waals surface area contributed by atoms with Gasteiger partial charge in [0.05, 0.1) is 11.9 Å². The van der Waals surface area contributed by atoms with Crippen molar-refractivity contribution in [2.24, 2.45) is 0 Å². The number of rotatable bonds is 7. The predicted octanol–water partition coefficient (Wildman–Crippen LogP) is 4.61. The predicted molar refractivity (Wildman–Crippen MR) is 116 cm³/mol. The van der Waals surface area contributed by atoms with E-state index >= 15 is 0 Å². The average molecular weight is 403 g/mol. The number of carbonyl (C=O) groups is 1. The summed E-state index contributed by atoms with van der Waals surface area (Å²) in [5, 5.41) is 2.87. The number of hydrogen-bond donors (Lipinski definition) is 1. The molecule has 1 atom stereocenters. The first-order valence-corrected chi connectivity index (χ1v) is 11.4. The van der Waals surface area contributed by atoms with Crippen LogP contribution in [0.15, 0.2) is 42.5 Å². The molecule has 0 bridgehead atoms. The van der Waals surface area contributed by atoms with Crippen LogP contribution in [0.5, 0.6) is 0 Å². The third-order valence-corrected chi connectivity index (χ3v) is 5.94. The van der Waals surface area contributed by atoms with E-state index in [-0.39, 0.29) is 5.91 Å². The lowest BCUT2D eigenvalue weighted by atomic mass is 10.0. The Hall–Kier alpha value is -2.34. The Labute approximate surface area is 168 Å². The first-order valence-electron chi connectivity index (χ1n) is 9.52. The maximum absolute atomic E-state index is 13.0. The van der Waals surface area contributed by atoms with Crippen LogP contribution >= 0.6 is 0 Å². The molecule has 0 aliphatic heterocycles. The van der Waals surface area contributed by atoms with Crippen molar-refractivity contribution < 1.29 is 13.2 Å². The van der Waals surface area contributed by atoms with Crippen LogP contribution in [-0.2, 0) is 14.8 Å². The molecule has 6 heteroatoms. The Kier molecular flexibility index (Phi) is 6.88. The fraction of sp³-hybridized carbons (Fsp3) is 0.409. The highest BCUT2D eigenvalue weighted by molar-refractivity contribution is 7.92. The largest absolute Gasteiger partial charge is 0.324 e. The van der Waals surface area contributed by atoms with E-state index in [0.29, 0.717) is 23.7 Å². The van der Waals surface area contributed by atoms with Crippen LogP contribution in [0, 0.1) is 13.8 Å². The molecule has 5 nitrogen and oxygen atoms in total. The van der Waals surface area contributed by atoms with E-state index in [1.54, 1.807) is 0 Å². The van der Waals surface area contributed by atoms with Crippen molar-refractivity contribution in [2.45, 2.75) is 53.0 Å². The lowest BCUT2D eigenvalue weighted by molar-refractivity contribution is -0.117. The number of amides is 1. The molecule has 0 heterocycles. The molecule has 1 unspecified atom stereocenters. The van der Waals surface area contributed by atoms with Crippen molar-refractivity contribution >= 4 is 27.3 Å². The molecule has 2 aromatic carbocycles. The zero-order chi connectivity index (χ0) is 21.1. The minimum Gasteiger partial charge on any atom is -0.324 e. The van der Waals surface area contributed by atoms with E-state index in [4.69, 9.17) is 0 Å². The molecule has 2 rings (SSSR count). The maximum atomic E-state index is 13.0. The highest BCUT2D eigenvalue weighted by Gasteiger charge is 2.32. The second kappa shape index (κ2) is 8.78. The molecule has 152 valence electrons. The first kappa shape index (κ1) is 22.0. The van der Waals surface area contributed by atoms with Crippen LogP contribution in [0.2, 0.25) is 0 Å². The van der Waals surface area contributed by atoms with Gasteiger partial charge in [0.2, 0.25) is 15.9 Å². The Bertz CT molecular complexity index is 935. The van der Waals surface area contributed by atoms with E-state index in [1.807, 2.05) is 63.2 Å². The van der Waals surface area contributed by atoms with Gasteiger partial charge in [-0.15, -0.1) is 0 Å². The molecule has 0 fully saturated rings. The molecule has 0 radical (unpaired) electrons. The number of hydrogen-bond acceptors (Lipinski definition) is 3. The molecule has 1 amide bonds. The van der Waals surface area contributed by atoms with Crippen LogP contribution in [0.3, 0.4) is 0 Å². The molecule has 0 aromatic heterocycles. The molecule has 0 saturated heterocycles. The Morgan fingerprint density at radius 1 is 1.07 bits per heavy atom.